The molecule has 0 aliphatic rings. The van der Waals surface area contributed by atoms with Crippen molar-refractivity contribution in [3.8, 4) is 0 Å². The molecule has 3 N–H and O–H groups in total. The molecule has 0 aliphatic heterocycles. The van der Waals surface area contributed by atoms with E-state index in [1.807, 2.05) is 87.5 Å². The van der Waals surface area contributed by atoms with Crippen LogP contribution in [0.25, 0.3) is 0 Å². The molecular weight excluding hydrogens is 610 g/mol. The number of esters is 1. The number of hydrogen-bond acceptors (Lipinski definition) is 7. The van der Waals surface area contributed by atoms with E-state index in [1.54, 1.807) is 6.92 Å². The lowest BCUT2D eigenvalue weighted by Crippen LogP contribution is -2.33. The maximum absolute atomic E-state index is 13.3. The first-order chi connectivity index (χ1) is 22.9. The van der Waals surface area contributed by atoms with Gasteiger partial charge in [-0.15, -0.1) is 0 Å². The number of amides is 3. The van der Waals surface area contributed by atoms with Crippen LogP contribution in [0.2, 0.25) is 0 Å². The fourth-order valence-corrected chi connectivity index (χ4v) is 4.55. The van der Waals surface area contributed by atoms with Gasteiger partial charge >= 0.3 is 18.2 Å². The van der Waals surface area contributed by atoms with Crippen LogP contribution in [0.5, 0.6) is 0 Å². The number of benzene rings is 3. The van der Waals surface area contributed by atoms with Crippen LogP contribution in [0, 0.1) is 0 Å². The SMILES string of the molecule is C=C(C)C(=O)OCc1ccc(CNC(=O)c2cc(CCCNC(=O)OCc3ccccc3)cc(CCCNC(=O)OC(C)(C)C)c2)cc1. The molecule has 0 aromatic heterocycles. The third kappa shape index (κ3) is 14.5. The standard InChI is InChI=1S/C38H47N3O7/c1-27(2)35(43)46-25-30-17-15-28(16-18-30)24-41-34(42)33-22-31(13-9-19-39-36(44)47-26-29-11-7-6-8-12-29)21-32(23-33)14-10-20-40-37(45)48-38(3,4)5/h6-8,11-12,15-18,21-23H,1,9-10,13-14,19-20,24-26H2,2-5H3,(H,39,44)(H,40,45)(H,41,42). The third-order valence-corrected chi connectivity index (χ3v) is 6.94. The molecule has 10 heteroatoms. The molecule has 48 heavy (non-hydrogen) atoms. The van der Waals surface area contributed by atoms with Gasteiger partial charge < -0.3 is 30.2 Å². The molecule has 0 aliphatic carbocycles. The Bertz CT molecular complexity index is 1530. The fraction of sp³-hybridized carbons (Fsp3) is 0.368. The number of nitrogens with one attached hydrogen (secondary N) is 3. The molecule has 0 atom stereocenters. The maximum Gasteiger partial charge on any atom is 0.407 e. The third-order valence-electron chi connectivity index (χ3n) is 6.94. The van der Waals surface area contributed by atoms with Crippen molar-refractivity contribution in [3.05, 3.63) is 118 Å². The lowest BCUT2D eigenvalue weighted by molar-refractivity contribution is -0.140. The van der Waals surface area contributed by atoms with Gasteiger partial charge in [-0.1, -0.05) is 67.2 Å². The van der Waals surface area contributed by atoms with E-state index >= 15 is 0 Å². The summed E-state index contributed by atoms with van der Waals surface area (Å²) in [5.74, 6) is -0.656. The van der Waals surface area contributed by atoms with Crippen LogP contribution in [0.3, 0.4) is 0 Å². The van der Waals surface area contributed by atoms with Gasteiger partial charge in [-0.25, -0.2) is 14.4 Å². The lowest BCUT2D eigenvalue weighted by atomic mass is 9.99. The number of carbonyl (C=O) groups excluding carboxylic acids is 4. The van der Waals surface area contributed by atoms with Crippen molar-refractivity contribution in [1.82, 2.24) is 16.0 Å². The first-order valence-electron chi connectivity index (χ1n) is 16.1. The van der Waals surface area contributed by atoms with Gasteiger partial charge in [0.25, 0.3) is 5.91 Å². The van der Waals surface area contributed by atoms with E-state index in [-0.39, 0.29) is 19.1 Å². The van der Waals surface area contributed by atoms with E-state index in [0.29, 0.717) is 56.5 Å². The Morgan fingerprint density at radius 2 is 1.21 bits per heavy atom. The summed E-state index contributed by atoms with van der Waals surface area (Å²) >= 11 is 0. The molecule has 0 fully saturated rings. The highest BCUT2D eigenvalue weighted by Crippen LogP contribution is 2.16. The van der Waals surface area contributed by atoms with Crippen molar-refractivity contribution >= 4 is 24.1 Å². The molecule has 0 unspecified atom stereocenters. The molecule has 10 nitrogen and oxygen atoms in total. The highest BCUT2D eigenvalue weighted by atomic mass is 16.6. The Morgan fingerprint density at radius 3 is 1.79 bits per heavy atom. The summed E-state index contributed by atoms with van der Waals surface area (Å²) in [7, 11) is 0. The lowest BCUT2D eigenvalue weighted by Gasteiger charge is -2.19. The molecule has 3 rings (SSSR count). The smallest absolute Gasteiger partial charge is 0.407 e. The number of hydrogen-bond donors (Lipinski definition) is 3. The number of aryl methyl sites for hydroxylation is 2. The number of carbonyl (C=O) groups is 4. The zero-order chi connectivity index (χ0) is 34.9. The van der Waals surface area contributed by atoms with Crippen molar-refractivity contribution in [1.29, 1.82) is 0 Å². The fourth-order valence-electron chi connectivity index (χ4n) is 4.55. The molecule has 0 bridgehead atoms. The topological polar surface area (TPSA) is 132 Å². The van der Waals surface area contributed by atoms with Gasteiger partial charge in [0, 0.05) is 30.8 Å². The largest absolute Gasteiger partial charge is 0.457 e. The van der Waals surface area contributed by atoms with Gasteiger partial charge in [-0.2, -0.15) is 0 Å². The quantitative estimate of drug-likeness (QED) is 0.0689. The van der Waals surface area contributed by atoms with Crippen LogP contribution >= 0.6 is 0 Å². The van der Waals surface area contributed by atoms with Crippen LogP contribution in [-0.2, 0) is 51.6 Å². The normalized spacial score (nSPS) is 10.8. The molecule has 0 saturated heterocycles. The van der Waals surface area contributed by atoms with E-state index in [0.717, 1.165) is 27.8 Å². The average Bonchev–Trinajstić information content (AvgIpc) is 3.05. The van der Waals surface area contributed by atoms with Crippen LogP contribution < -0.4 is 16.0 Å². The Labute approximate surface area is 283 Å². The van der Waals surface area contributed by atoms with Gasteiger partial charge in [0.05, 0.1) is 0 Å². The molecule has 256 valence electrons. The van der Waals surface area contributed by atoms with Crippen molar-refractivity contribution in [2.45, 2.75) is 78.7 Å². The van der Waals surface area contributed by atoms with Crippen molar-refractivity contribution < 1.29 is 33.4 Å². The first-order valence-corrected chi connectivity index (χ1v) is 16.1. The Hall–Kier alpha value is -5.12. The number of rotatable bonds is 16. The van der Waals surface area contributed by atoms with Crippen LogP contribution in [0.4, 0.5) is 9.59 Å². The van der Waals surface area contributed by atoms with Gasteiger partial charge in [0.2, 0.25) is 0 Å². The minimum Gasteiger partial charge on any atom is -0.457 e. The molecule has 3 aromatic rings. The second-order valence-corrected chi connectivity index (χ2v) is 12.5. The maximum atomic E-state index is 13.3. The van der Waals surface area contributed by atoms with E-state index < -0.39 is 23.8 Å². The second kappa shape index (κ2) is 18.9. The van der Waals surface area contributed by atoms with Crippen molar-refractivity contribution in [2.24, 2.45) is 0 Å². The summed E-state index contributed by atoms with van der Waals surface area (Å²) in [6.07, 6.45) is 1.65. The minimum atomic E-state index is -0.574. The number of ether oxygens (including phenoxy) is 3. The Kier molecular flexibility index (Phi) is 14.7. The number of alkyl carbamates (subject to hydrolysis) is 2. The van der Waals surface area contributed by atoms with Crippen molar-refractivity contribution in [2.75, 3.05) is 13.1 Å². The van der Waals surface area contributed by atoms with E-state index in [4.69, 9.17) is 14.2 Å². The summed E-state index contributed by atoms with van der Waals surface area (Å²) in [4.78, 5) is 49.1. The van der Waals surface area contributed by atoms with Gasteiger partial charge in [0.1, 0.15) is 18.8 Å². The van der Waals surface area contributed by atoms with Gasteiger partial charge in [0.15, 0.2) is 0 Å². The predicted molar refractivity (Wildman–Crippen MR) is 184 cm³/mol. The highest BCUT2D eigenvalue weighted by Gasteiger charge is 2.16. The molecule has 0 spiro atoms. The van der Waals surface area contributed by atoms with Crippen LogP contribution in [-0.4, -0.2) is 42.8 Å². The van der Waals surface area contributed by atoms with Crippen LogP contribution in [0.15, 0.2) is 84.9 Å². The molecule has 0 heterocycles. The highest BCUT2D eigenvalue weighted by molar-refractivity contribution is 5.94. The van der Waals surface area contributed by atoms with Gasteiger partial charge in [-0.3, -0.25) is 4.79 Å². The Morgan fingerprint density at radius 1 is 0.667 bits per heavy atom. The molecule has 3 amide bonds. The first kappa shape index (κ1) is 37.3. The van der Waals surface area contributed by atoms with Gasteiger partial charge in [-0.05, 0) is 93.3 Å². The van der Waals surface area contributed by atoms with Crippen LogP contribution in [0.1, 0.15) is 78.7 Å². The average molecular weight is 658 g/mol. The molecule has 0 saturated carbocycles. The summed E-state index contributed by atoms with van der Waals surface area (Å²) in [5, 5.41) is 8.54. The summed E-state index contributed by atoms with van der Waals surface area (Å²) in [5.41, 5.74) is 4.87. The Balaban J connectivity index is 1.56. The zero-order valence-electron chi connectivity index (χ0n) is 28.4. The summed E-state index contributed by atoms with van der Waals surface area (Å²) in [6.45, 7) is 12.1. The predicted octanol–water partition coefficient (Wildman–Crippen LogP) is 6.55. The van der Waals surface area contributed by atoms with Crippen molar-refractivity contribution in [3.63, 3.8) is 0 Å². The summed E-state index contributed by atoms with van der Waals surface area (Å²) < 4.78 is 15.8. The zero-order valence-corrected chi connectivity index (χ0v) is 28.4. The molecule has 3 aromatic carbocycles. The van der Waals surface area contributed by atoms with E-state index in [2.05, 4.69) is 28.6 Å². The molecular formula is C38H47N3O7. The second-order valence-electron chi connectivity index (χ2n) is 12.5. The van der Waals surface area contributed by atoms with E-state index in [1.165, 1.54) is 0 Å². The summed E-state index contributed by atoms with van der Waals surface area (Å²) in [6, 6.07) is 22.7. The minimum absolute atomic E-state index is 0.144. The molecule has 0 radical (unpaired) electrons. The van der Waals surface area contributed by atoms with E-state index in [9.17, 15) is 19.2 Å². The monoisotopic (exact) mass is 657 g/mol.